The monoisotopic (exact) mass is 380 g/mol. The lowest BCUT2D eigenvalue weighted by atomic mass is 10.0. The Bertz CT molecular complexity index is 888. The average molecular weight is 381 g/mol. The van der Waals surface area contributed by atoms with E-state index in [0.717, 1.165) is 26.9 Å². The first-order valence-corrected chi connectivity index (χ1v) is 8.42. The van der Waals surface area contributed by atoms with Gasteiger partial charge < -0.3 is 5.32 Å². The molecular weight excluding hydrogens is 364 g/mol. The number of hydrogen-bond acceptors (Lipinski definition) is 2. The van der Waals surface area contributed by atoms with Gasteiger partial charge in [0.15, 0.2) is 0 Å². The second-order valence-corrected chi connectivity index (χ2v) is 6.60. The molecule has 0 unspecified atom stereocenters. The third kappa shape index (κ3) is 3.71. The number of carbonyl (C=O) groups is 1. The fourth-order valence-electron chi connectivity index (χ4n) is 2.39. The lowest BCUT2D eigenvalue weighted by Gasteiger charge is -2.08. The van der Waals surface area contributed by atoms with Crippen molar-refractivity contribution in [3.8, 4) is 11.1 Å². The Hall–Kier alpha value is -2.46. The first kappa shape index (κ1) is 16.4. The van der Waals surface area contributed by atoms with E-state index in [1.54, 1.807) is 12.4 Å². The minimum Gasteiger partial charge on any atom is -0.322 e. The molecule has 3 aromatic rings. The maximum absolute atomic E-state index is 12.5. The van der Waals surface area contributed by atoms with Crippen LogP contribution in [0.25, 0.3) is 11.1 Å². The number of benzene rings is 2. The van der Waals surface area contributed by atoms with Gasteiger partial charge in [0, 0.05) is 28.1 Å². The van der Waals surface area contributed by atoms with E-state index in [0.29, 0.717) is 5.56 Å². The van der Waals surface area contributed by atoms with Gasteiger partial charge in [-0.2, -0.15) is 0 Å². The van der Waals surface area contributed by atoms with E-state index in [2.05, 4.69) is 26.2 Å². The molecule has 3 nitrogen and oxygen atoms in total. The van der Waals surface area contributed by atoms with Gasteiger partial charge in [-0.3, -0.25) is 9.78 Å². The smallest absolute Gasteiger partial charge is 0.257 e. The molecule has 3 rings (SSSR count). The molecular formula is C20H17BrN2O. The highest BCUT2D eigenvalue weighted by molar-refractivity contribution is 9.10. The lowest BCUT2D eigenvalue weighted by molar-refractivity contribution is 0.102. The molecule has 1 aromatic heterocycles. The molecule has 1 N–H and O–H groups in total. The summed E-state index contributed by atoms with van der Waals surface area (Å²) in [6.07, 6.45) is 3.35. The Morgan fingerprint density at radius 3 is 2.42 bits per heavy atom. The minimum atomic E-state index is -0.168. The number of amides is 1. The Labute approximate surface area is 149 Å². The average Bonchev–Trinajstić information content (AvgIpc) is 2.59. The van der Waals surface area contributed by atoms with Crippen LogP contribution in [0.5, 0.6) is 0 Å². The summed E-state index contributed by atoms with van der Waals surface area (Å²) < 4.78 is 1.02. The summed E-state index contributed by atoms with van der Waals surface area (Å²) in [4.78, 5) is 16.7. The highest BCUT2D eigenvalue weighted by Gasteiger charge is 2.09. The minimum absolute atomic E-state index is 0.168. The summed E-state index contributed by atoms with van der Waals surface area (Å²) in [6, 6.07) is 15.7. The molecule has 0 aliphatic rings. The van der Waals surface area contributed by atoms with E-state index in [9.17, 15) is 4.79 Å². The maximum Gasteiger partial charge on any atom is 0.257 e. The predicted molar refractivity (Wildman–Crippen MR) is 101 cm³/mol. The van der Waals surface area contributed by atoms with E-state index in [-0.39, 0.29) is 5.91 Å². The van der Waals surface area contributed by atoms with Crippen LogP contribution in [-0.2, 0) is 0 Å². The first-order valence-electron chi connectivity index (χ1n) is 7.62. The predicted octanol–water partition coefficient (Wildman–Crippen LogP) is 5.38. The van der Waals surface area contributed by atoms with E-state index in [4.69, 9.17) is 0 Å². The van der Waals surface area contributed by atoms with Crippen LogP contribution >= 0.6 is 15.9 Å². The van der Waals surface area contributed by atoms with Crippen molar-refractivity contribution in [1.29, 1.82) is 0 Å². The number of aromatic nitrogens is 1. The van der Waals surface area contributed by atoms with Crippen LogP contribution in [0.4, 0.5) is 5.69 Å². The number of halogens is 1. The molecule has 2 aromatic carbocycles. The maximum atomic E-state index is 12.5. The number of anilines is 1. The third-order valence-corrected chi connectivity index (χ3v) is 4.69. The van der Waals surface area contributed by atoms with Crippen molar-refractivity contribution < 1.29 is 4.79 Å². The fraction of sp³-hybridized carbons (Fsp3) is 0.100. The molecule has 0 saturated carbocycles. The van der Waals surface area contributed by atoms with Gasteiger partial charge in [-0.05, 0) is 49.2 Å². The summed E-state index contributed by atoms with van der Waals surface area (Å²) in [5.74, 6) is -0.168. The highest BCUT2D eigenvalue weighted by Crippen LogP contribution is 2.22. The topological polar surface area (TPSA) is 42.0 Å². The van der Waals surface area contributed by atoms with Gasteiger partial charge in [-0.1, -0.05) is 45.8 Å². The van der Waals surface area contributed by atoms with E-state index >= 15 is 0 Å². The van der Waals surface area contributed by atoms with Crippen LogP contribution in [0.1, 0.15) is 21.5 Å². The standard InChI is InChI=1S/C20H17BrN2O/c1-13-3-5-15(6-4-13)16-10-17(12-22-11-16)20(24)23-18-7-8-19(21)14(2)9-18/h3-12H,1-2H3,(H,23,24). The molecule has 0 aliphatic carbocycles. The second kappa shape index (κ2) is 6.97. The highest BCUT2D eigenvalue weighted by atomic mass is 79.9. The second-order valence-electron chi connectivity index (χ2n) is 5.75. The van der Waals surface area contributed by atoms with Crippen LogP contribution in [0, 0.1) is 13.8 Å². The van der Waals surface area contributed by atoms with Crippen LogP contribution in [0.2, 0.25) is 0 Å². The van der Waals surface area contributed by atoms with Gasteiger partial charge in [0.05, 0.1) is 5.56 Å². The SMILES string of the molecule is Cc1ccc(-c2cncc(C(=O)Nc3ccc(Br)c(C)c3)c2)cc1. The van der Waals surface area contributed by atoms with Gasteiger partial charge in [0.1, 0.15) is 0 Å². The molecule has 0 bridgehead atoms. The number of rotatable bonds is 3. The van der Waals surface area contributed by atoms with Crippen molar-refractivity contribution >= 4 is 27.5 Å². The molecule has 24 heavy (non-hydrogen) atoms. The molecule has 1 amide bonds. The number of nitrogens with zero attached hydrogens (tertiary/aromatic N) is 1. The summed E-state index contributed by atoms with van der Waals surface area (Å²) in [5.41, 5.74) is 5.54. The van der Waals surface area contributed by atoms with E-state index in [1.807, 2.05) is 62.4 Å². The number of hydrogen-bond donors (Lipinski definition) is 1. The van der Waals surface area contributed by atoms with Gasteiger partial charge in [0.25, 0.3) is 5.91 Å². The molecule has 120 valence electrons. The molecule has 4 heteroatoms. The normalized spacial score (nSPS) is 10.5. The van der Waals surface area contributed by atoms with E-state index in [1.165, 1.54) is 5.56 Å². The Morgan fingerprint density at radius 1 is 0.958 bits per heavy atom. The summed E-state index contributed by atoms with van der Waals surface area (Å²) in [6.45, 7) is 4.03. The molecule has 0 fully saturated rings. The summed E-state index contributed by atoms with van der Waals surface area (Å²) >= 11 is 3.46. The Kier molecular flexibility index (Phi) is 4.76. The molecule has 0 radical (unpaired) electrons. The zero-order valence-electron chi connectivity index (χ0n) is 13.5. The Balaban J connectivity index is 1.83. The van der Waals surface area contributed by atoms with E-state index < -0.39 is 0 Å². The van der Waals surface area contributed by atoms with Crippen molar-refractivity contribution in [3.63, 3.8) is 0 Å². The molecule has 0 spiro atoms. The van der Waals surface area contributed by atoms with Crippen molar-refractivity contribution in [1.82, 2.24) is 4.98 Å². The zero-order chi connectivity index (χ0) is 17.1. The van der Waals surface area contributed by atoms with Gasteiger partial charge >= 0.3 is 0 Å². The number of nitrogens with one attached hydrogen (secondary N) is 1. The fourth-order valence-corrected chi connectivity index (χ4v) is 2.64. The van der Waals surface area contributed by atoms with Gasteiger partial charge in [-0.15, -0.1) is 0 Å². The first-order chi connectivity index (χ1) is 11.5. The van der Waals surface area contributed by atoms with Crippen molar-refractivity contribution in [2.75, 3.05) is 5.32 Å². The number of carbonyl (C=O) groups excluding carboxylic acids is 1. The number of pyridine rings is 1. The summed E-state index contributed by atoms with van der Waals surface area (Å²) in [5, 5.41) is 2.91. The number of aryl methyl sites for hydroxylation is 2. The molecule has 0 aliphatic heterocycles. The van der Waals surface area contributed by atoms with Crippen LogP contribution < -0.4 is 5.32 Å². The largest absolute Gasteiger partial charge is 0.322 e. The molecule has 0 atom stereocenters. The van der Waals surface area contributed by atoms with Crippen LogP contribution in [0.3, 0.4) is 0 Å². The quantitative estimate of drug-likeness (QED) is 0.662. The Morgan fingerprint density at radius 2 is 1.71 bits per heavy atom. The summed E-state index contributed by atoms with van der Waals surface area (Å²) in [7, 11) is 0. The zero-order valence-corrected chi connectivity index (χ0v) is 15.1. The third-order valence-electron chi connectivity index (χ3n) is 3.80. The van der Waals surface area contributed by atoms with Crippen LogP contribution in [0.15, 0.2) is 65.4 Å². The van der Waals surface area contributed by atoms with Gasteiger partial charge in [-0.25, -0.2) is 0 Å². The van der Waals surface area contributed by atoms with Crippen molar-refractivity contribution in [3.05, 3.63) is 82.1 Å². The van der Waals surface area contributed by atoms with Crippen molar-refractivity contribution in [2.24, 2.45) is 0 Å². The lowest BCUT2D eigenvalue weighted by Crippen LogP contribution is -2.12. The molecule has 1 heterocycles. The van der Waals surface area contributed by atoms with Crippen LogP contribution in [-0.4, -0.2) is 10.9 Å². The molecule has 0 saturated heterocycles. The van der Waals surface area contributed by atoms with Gasteiger partial charge in [0.2, 0.25) is 0 Å². The van der Waals surface area contributed by atoms with Crippen molar-refractivity contribution in [2.45, 2.75) is 13.8 Å².